The molecular weight excluding hydrogens is 278 g/mol. The number of fused-ring (bicyclic) bond motifs is 1. The van der Waals surface area contributed by atoms with E-state index in [1.54, 1.807) is 11.8 Å². The van der Waals surface area contributed by atoms with Crippen molar-refractivity contribution in [3.63, 3.8) is 0 Å². The number of thioether (sulfide) groups is 1. The van der Waals surface area contributed by atoms with E-state index in [-0.39, 0.29) is 23.2 Å². The minimum atomic E-state index is -0.0331. The number of nitrogens with zero attached hydrogens (tertiary/aromatic N) is 1. The van der Waals surface area contributed by atoms with Crippen molar-refractivity contribution in [2.75, 3.05) is 0 Å². The Morgan fingerprint density at radius 2 is 1.67 bits per heavy atom. The lowest BCUT2D eigenvalue weighted by Crippen LogP contribution is -2.45. The second-order valence-electron chi connectivity index (χ2n) is 6.48. The van der Waals surface area contributed by atoms with Gasteiger partial charge in [0.15, 0.2) is 0 Å². The summed E-state index contributed by atoms with van der Waals surface area (Å²) < 4.78 is 0. The van der Waals surface area contributed by atoms with Crippen LogP contribution in [0, 0.1) is 0 Å². The molecule has 1 aromatic carbocycles. The van der Waals surface area contributed by atoms with Gasteiger partial charge < -0.3 is 4.90 Å². The van der Waals surface area contributed by atoms with Gasteiger partial charge in [-0.15, -0.1) is 11.8 Å². The molecule has 1 aliphatic rings. The minimum absolute atomic E-state index is 0.0331. The summed E-state index contributed by atoms with van der Waals surface area (Å²) in [6.45, 7) is 10.4. The van der Waals surface area contributed by atoms with Gasteiger partial charge in [0.25, 0.3) is 0 Å². The summed E-state index contributed by atoms with van der Waals surface area (Å²) in [7, 11) is 0. The molecule has 1 amide bonds. The van der Waals surface area contributed by atoms with E-state index < -0.39 is 0 Å². The van der Waals surface area contributed by atoms with Crippen LogP contribution >= 0.6 is 11.8 Å². The topological polar surface area (TPSA) is 20.3 Å². The number of hydrogen-bond acceptors (Lipinski definition) is 2. The van der Waals surface area contributed by atoms with E-state index in [9.17, 15) is 4.79 Å². The third-order valence-electron chi connectivity index (χ3n) is 4.10. The first-order chi connectivity index (χ1) is 9.90. The Kier molecular flexibility index (Phi) is 5.37. The zero-order valence-electron chi connectivity index (χ0n) is 13.8. The molecule has 0 spiro atoms. The first-order valence-electron chi connectivity index (χ1n) is 8.00. The summed E-state index contributed by atoms with van der Waals surface area (Å²) in [6, 6.07) is 7.20. The lowest BCUT2D eigenvalue weighted by atomic mass is 10.1. The van der Waals surface area contributed by atoms with Crippen LogP contribution < -0.4 is 0 Å². The highest BCUT2D eigenvalue weighted by molar-refractivity contribution is 8.00. The Balaban J connectivity index is 2.06. The van der Waals surface area contributed by atoms with Gasteiger partial charge in [0.05, 0.1) is 5.25 Å². The van der Waals surface area contributed by atoms with Crippen LogP contribution in [0.4, 0.5) is 0 Å². The van der Waals surface area contributed by atoms with Gasteiger partial charge in [-0.3, -0.25) is 4.79 Å². The zero-order valence-corrected chi connectivity index (χ0v) is 14.7. The standard InChI is InChI=1S/C18H27NOS/c1-12(2)19(13(3)4)18(20)14(5)21-17-10-9-15-7-6-8-16(15)11-17/h9-14H,6-8H2,1-5H3. The minimum Gasteiger partial charge on any atom is -0.337 e. The molecule has 1 aromatic rings. The van der Waals surface area contributed by atoms with Gasteiger partial charge in [-0.25, -0.2) is 0 Å². The average molecular weight is 305 g/mol. The number of aryl methyl sites for hydroxylation is 2. The fraction of sp³-hybridized carbons (Fsp3) is 0.611. The molecule has 0 bridgehead atoms. The Morgan fingerprint density at radius 3 is 2.29 bits per heavy atom. The van der Waals surface area contributed by atoms with Crippen LogP contribution in [0.2, 0.25) is 0 Å². The lowest BCUT2D eigenvalue weighted by Gasteiger charge is -2.33. The molecule has 21 heavy (non-hydrogen) atoms. The average Bonchev–Trinajstić information content (AvgIpc) is 2.85. The maximum absolute atomic E-state index is 12.7. The first kappa shape index (κ1) is 16.4. The molecule has 2 nitrogen and oxygen atoms in total. The van der Waals surface area contributed by atoms with Crippen molar-refractivity contribution in [3.05, 3.63) is 29.3 Å². The number of carbonyl (C=O) groups excluding carboxylic acids is 1. The van der Waals surface area contributed by atoms with Crippen LogP contribution in [0.5, 0.6) is 0 Å². The fourth-order valence-corrected chi connectivity index (χ4v) is 4.18. The highest BCUT2D eigenvalue weighted by Gasteiger charge is 2.26. The van der Waals surface area contributed by atoms with Crippen LogP contribution in [-0.2, 0) is 17.6 Å². The Hall–Kier alpha value is -0.960. The predicted octanol–water partition coefficient (Wildman–Crippen LogP) is 4.30. The van der Waals surface area contributed by atoms with Gasteiger partial charge >= 0.3 is 0 Å². The second-order valence-corrected chi connectivity index (χ2v) is 7.89. The number of amides is 1. The lowest BCUT2D eigenvalue weighted by molar-refractivity contribution is -0.133. The van der Waals surface area contributed by atoms with Crippen LogP contribution in [0.3, 0.4) is 0 Å². The van der Waals surface area contributed by atoms with Crippen LogP contribution in [-0.4, -0.2) is 28.1 Å². The summed E-state index contributed by atoms with van der Waals surface area (Å²) in [5, 5.41) is -0.0331. The molecule has 0 saturated carbocycles. The Bertz CT molecular complexity index is 502. The largest absolute Gasteiger partial charge is 0.337 e. The van der Waals surface area contributed by atoms with Crippen molar-refractivity contribution in [1.29, 1.82) is 0 Å². The van der Waals surface area contributed by atoms with E-state index in [2.05, 4.69) is 45.9 Å². The van der Waals surface area contributed by atoms with E-state index in [1.165, 1.54) is 35.3 Å². The molecule has 0 saturated heterocycles. The molecule has 0 aromatic heterocycles. The van der Waals surface area contributed by atoms with E-state index >= 15 is 0 Å². The van der Waals surface area contributed by atoms with Crippen molar-refractivity contribution in [2.24, 2.45) is 0 Å². The van der Waals surface area contributed by atoms with Crippen LogP contribution in [0.25, 0.3) is 0 Å². The normalized spacial score (nSPS) is 15.4. The molecule has 0 N–H and O–H groups in total. The fourth-order valence-electron chi connectivity index (χ4n) is 3.19. The summed E-state index contributed by atoms with van der Waals surface area (Å²) in [6.07, 6.45) is 3.67. The third kappa shape index (κ3) is 3.82. The van der Waals surface area contributed by atoms with E-state index in [1.807, 2.05) is 11.8 Å². The smallest absolute Gasteiger partial charge is 0.236 e. The molecular formula is C18H27NOS. The SMILES string of the molecule is CC(Sc1ccc2c(c1)CCC2)C(=O)N(C(C)C)C(C)C. The molecule has 0 radical (unpaired) electrons. The van der Waals surface area contributed by atoms with Gasteiger partial charge in [-0.1, -0.05) is 6.07 Å². The van der Waals surface area contributed by atoms with Crippen molar-refractivity contribution >= 4 is 17.7 Å². The molecule has 2 rings (SSSR count). The zero-order chi connectivity index (χ0) is 15.6. The molecule has 1 aliphatic carbocycles. The summed E-state index contributed by atoms with van der Waals surface area (Å²) in [5.41, 5.74) is 2.97. The van der Waals surface area contributed by atoms with Gasteiger partial charge in [0, 0.05) is 17.0 Å². The number of carbonyl (C=O) groups is 1. The first-order valence-corrected chi connectivity index (χ1v) is 8.88. The molecule has 0 aliphatic heterocycles. The van der Waals surface area contributed by atoms with Crippen molar-refractivity contribution in [2.45, 2.75) is 76.1 Å². The molecule has 3 heteroatoms. The summed E-state index contributed by atoms with van der Waals surface area (Å²) in [5.74, 6) is 0.241. The van der Waals surface area contributed by atoms with E-state index in [0.717, 1.165) is 0 Å². The predicted molar refractivity (Wildman–Crippen MR) is 90.9 cm³/mol. The maximum atomic E-state index is 12.7. The molecule has 0 fully saturated rings. The van der Waals surface area contributed by atoms with Gasteiger partial charge in [-0.2, -0.15) is 0 Å². The van der Waals surface area contributed by atoms with Crippen molar-refractivity contribution in [1.82, 2.24) is 4.90 Å². The van der Waals surface area contributed by atoms with Crippen molar-refractivity contribution in [3.8, 4) is 0 Å². The third-order valence-corrected chi connectivity index (χ3v) is 5.18. The van der Waals surface area contributed by atoms with Gasteiger partial charge in [0.2, 0.25) is 5.91 Å². The molecule has 1 atom stereocenters. The summed E-state index contributed by atoms with van der Waals surface area (Å²) >= 11 is 1.69. The quantitative estimate of drug-likeness (QED) is 0.756. The van der Waals surface area contributed by atoms with Gasteiger partial charge in [-0.05, 0) is 77.1 Å². The number of hydrogen-bond donors (Lipinski definition) is 0. The van der Waals surface area contributed by atoms with E-state index in [0.29, 0.717) is 0 Å². The highest BCUT2D eigenvalue weighted by atomic mass is 32.2. The molecule has 1 unspecified atom stereocenters. The van der Waals surface area contributed by atoms with E-state index in [4.69, 9.17) is 0 Å². The van der Waals surface area contributed by atoms with Crippen molar-refractivity contribution < 1.29 is 4.79 Å². The molecule has 0 heterocycles. The Morgan fingerprint density at radius 1 is 1.05 bits per heavy atom. The maximum Gasteiger partial charge on any atom is 0.236 e. The number of benzene rings is 1. The van der Waals surface area contributed by atoms with Crippen LogP contribution in [0.15, 0.2) is 23.1 Å². The highest BCUT2D eigenvalue weighted by Crippen LogP contribution is 2.30. The monoisotopic (exact) mass is 305 g/mol. The molecule has 116 valence electrons. The number of rotatable bonds is 5. The Labute approximate surface area is 133 Å². The van der Waals surface area contributed by atoms with Gasteiger partial charge in [0.1, 0.15) is 0 Å². The summed E-state index contributed by atoms with van der Waals surface area (Å²) in [4.78, 5) is 15.9. The second kappa shape index (κ2) is 6.87. The van der Waals surface area contributed by atoms with Crippen LogP contribution in [0.1, 0.15) is 52.2 Å².